The van der Waals surface area contributed by atoms with E-state index < -0.39 is 0 Å². The Morgan fingerprint density at radius 1 is 0.500 bits per heavy atom. The molecule has 0 heterocycles. The lowest BCUT2D eigenvalue weighted by Gasteiger charge is -2.23. The van der Waals surface area contributed by atoms with Gasteiger partial charge >= 0.3 is 0 Å². The molecule has 0 rings (SSSR count). The zero-order valence-electron chi connectivity index (χ0n) is 14.9. The third-order valence-corrected chi connectivity index (χ3v) is 4.47. The molecule has 0 nitrogen and oxygen atoms in total. The highest BCUT2D eigenvalue weighted by Crippen LogP contribution is 2.28. The second-order valence-corrected chi connectivity index (χ2v) is 6.64. The first-order valence-corrected chi connectivity index (χ1v) is 9.63. The van der Waals surface area contributed by atoms with Crippen LogP contribution in [-0.2, 0) is 0 Å². The molecule has 0 aliphatic carbocycles. The summed E-state index contributed by atoms with van der Waals surface area (Å²) in [6.45, 7) is 9.31. The molecular formula is C20H41. The minimum Gasteiger partial charge on any atom is -0.0654 e. The molecule has 2 unspecified atom stereocenters. The zero-order chi connectivity index (χ0) is 15.1. The monoisotopic (exact) mass is 281 g/mol. The summed E-state index contributed by atoms with van der Waals surface area (Å²) in [5.74, 6) is 1.80. The smallest absolute Gasteiger partial charge is 0.0324 e. The van der Waals surface area contributed by atoms with Crippen molar-refractivity contribution in [3.05, 3.63) is 6.42 Å². The fourth-order valence-corrected chi connectivity index (χ4v) is 3.29. The molecule has 0 aromatic rings. The van der Waals surface area contributed by atoms with E-state index in [1.165, 1.54) is 83.5 Å². The molecule has 0 saturated carbocycles. The van der Waals surface area contributed by atoms with E-state index in [0.29, 0.717) is 0 Å². The Balaban J connectivity index is 4.04. The maximum Gasteiger partial charge on any atom is -0.0324 e. The van der Waals surface area contributed by atoms with Crippen LogP contribution in [-0.4, -0.2) is 0 Å². The lowest BCUT2D eigenvalue weighted by molar-refractivity contribution is 0.381. The number of unbranched alkanes of at least 4 members (excludes halogenated alkanes) is 5. The van der Waals surface area contributed by atoms with E-state index in [-0.39, 0.29) is 0 Å². The minimum absolute atomic E-state index is 0.897. The van der Waals surface area contributed by atoms with Crippen LogP contribution in [0.25, 0.3) is 0 Å². The van der Waals surface area contributed by atoms with Gasteiger partial charge in [0.05, 0.1) is 0 Å². The SMILES string of the molecule is CCCCCCC([CH]C(CCC)CCCCC)CCC. The molecule has 1 radical (unpaired) electrons. The molecule has 20 heavy (non-hydrogen) atoms. The predicted octanol–water partition coefficient (Wildman–Crippen LogP) is 7.57. The second-order valence-electron chi connectivity index (χ2n) is 6.64. The summed E-state index contributed by atoms with van der Waals surface area (Å²) in [5, 5.41) is 0. The average molecular weight is 282 g/mol. The summed E-state index contributed by atoms with van der Waals surface area (Å²) >= 11 is 0. The van der Waals surface area contributed by atoms with Crippen molar-refractivity contribution in [3.63, 3.8) is 0 Å². The molecule has 0 spiro atoms. The lowest BCUT2D eigenvalue weighted by atomic mass is 9.83. The first-order chi connectivity index (χ1) is 9.78. The van der Waals surface area contributed by atoms with Crippen LogP contribution in [0, 0.1) is 18.3 Å². The van der Waals surface area contributed by atoms with Crippen molar-refractivity contribution in [2.75, 3.05) is 0 Å². The first kappa shape index (κ1) is 20.0. The van der Waals surface area contributed by atoms with E-state index >= 15 is 0 Å². The van der Waals surface area contributed by atoms with Gasteiger partial charge in [-0.05, 0) is 18.3 Å². The fraction of sp³-hybridized carbons (Fsp3) is 0.950. The normalized spacial score (nSPS) is 14.4. The van der Waals surface area contributed by atoms with Crippen LogP contribution in [0.15, 0.2) is 0 Å². The van der Waals surface area contributed by atoms with Crippen molar-refractivity contribution in [1.82, 2.24) is 0 Å². The van der Waals surface area contributed by atoms with Gasteiger partial charge in [0.2, 0.25) is 0 Å². The summed E-state index contributed by atoms with van der Waals surface area (Å²) in [4.78, 5) is 0. The first-order valence-electron chi connectivity index (χ1n) is 9.63. The van der Waals surface area contributed by atoms with Crippen molar-refractivity contribution in [2.24, 2.45) is 11.8 Å². The highest BCUT2D eigenvalue weighted by atomic mass is 14.2. The molecule has 0 N–H and O–H groups in total. The van der Waals surface area contributed by atoms with Crippen LogP contribution in [0.4, 0.5) is 0 Å². The largest absolute Gasteiger partial charge is 0.0654 e. The topological polar surface area (TPSA) is 0 Å². The molecule has 0 heteroatoms. The van der Waals surface area contributed by atoms with Crippen LogP contribution in [0.5, 0.6) is 0 Å². The van der Waals surface area contributed by atoms with Crippen LogP contribution < -0.4 is 0 Å². The molecule has 0 aromatic heterocycles. The van der Waals surface area contributed by atoms with Gasteiger partial charge in [-0.25, -0.2) is 0 Å². The third kappa shape index (κ3) is 11.8. The van der Waals surface area contributed by atoms with Gasteiger partial charge in [0.25, 0.3) is 0 Å². The van der Waals surface area contributed by atoms with Crippen LogP contribution in [0.1, 0.15) is 111 Å². The van der Waals surface area contributed by atoms with Gasteiger partial charge in [0.1, 0.15) is 0 Å². The third-order valence-electron chi connectivity index (χ3n) is 4.47. The summed E-state index contributed by atoms with van der Waals surface area (Å²) in [6.07, 6.45) is 21.1. The minimum atomic E-state index is 0.897. The van der Waals surface area contributed by atoms with Crippen LogP contribution >= 0.6 is 0 Å². The van der Waals surface area contributed by atoms with Crippen molar-refractivity contribution in [2.45, 2.75) is 111 Å². The highest BCUT2D eigenvalue weighted by molar-refractivity contribution is 4.83. The summed E-state index contributed by atoms with van der Waals surface area (Å²) in [6, 6.07) is 0. The quantitative estimate of drug-likeness (QED) is 0.271. The summed E-state index contributed by atoms with van der Waals surface area (Å²) < 4.78 is 0. The van der Waals surface area contributed by atoms with Crippen molar-refractivity contribution < 1.29 is 0 Å². The van der Waals surface area contributed by atoms with E-state index in [0.717, 1.165) is 11.8 Å². The lowest BCUT2D eigenvalue weighted by Crippen LogP contribution is -2.11. The van der Waals surface area contributed by atoms with E-state index in [4.69, 9.17) is 0 Å². The van der Waals surface area contributed by atoms with Gasteiger partial charge in [0.15, 0.2) is 0 Å². The molecule has 2 atom stereocenters. The molecule has 121 valence electrons. The predicted molar refractivity (Wildman–Crippen MR) is 94.0 cm³/mol. The Morgan fingerprint density at radius 2 is 0.950 bits per heavy atom. The summed E-state index contributed by atoms with van der Waals surface area (Å²) in [7, 11) is 0. The van der Waals surface area contributed by atoms with Gasteiger partial charge in [-0.1, -0.05) is 111 Å². The molecule has 0 aromatic carbocycles. The second kappa shape index (κ2) is 15.4. The molecule has 0 aliphatic rings. The Kier molecular flexibility index (Phi) is 15.4. The van der Waals surface area contributed by atoms with E-state index in [1.54, 1.807) is 0 Å². The van der Waals surface area contributed by atoms with Gasteiger partial charge < -0.3 is 0 Å². The van der Waals surface area contributed by atoms with Crippen LogP contribution in [0.2, 0.25) is 0 Å². The van der Waals surface area contributed by atoms with Crippen LogP contribution in [0.3, 0.4) is 0 Å². The highest BCUT2D eigenvalue weighted by Gasteiger charge is 2.15. The van der Waals surface area contributed by atoms with Gasteiger partial charge in [0, 0.05) is 0 Å². The average Bonchev–Trinajstić information content (AvgIpc) is 2.44. The van der Waals surface area contributed by atoms with Gasteiger partial charge in [-0.2, -0.15) is 0 Å². The molecular weight excluding hydrogens is 240 g/mol. The standard InChI is InChI=1S/C20H41/c1-5-9-11-13-17-20(15-8-4)18-19(14-7-3)16-12-10-6-2/h18-20H,5-17H2,1-4H3. The molecule has 0 fully saturated rings. The Morgan fingerprint density at radius 3 is 1.40 bits per heavy atom. The molecule has 0 amide bonds. The number of hydrogen-bond donors (Lipinski definition) is 0. The fourth-order valence-electron chi connectivity index (χ4n) is 3.29. The summed E-state index contributed by atoms with van der Waals surface area (Å²) in [5.41, 5.74) is 0. The van der Waals surface area contributed by atoms with Gasteiger partial charge in [-0.3, -0.25) is 0 Å². The number of rotatable bonds is 15. The van der Waals surface area contributed by atoms with E-state index in [1.807, 2.05) is 0 Å². The number of hydrogen-bond acceptors (Lipinski definition) is 0. The Labute approximate surface area is 130 Å². The van der Waals surface area contributed by atoms with Crippen molar-refractivity contribution >= 4 is 0 Å². The van der Waals surface area contributed by atoms with E-state index in [9.17, 15) is 0 Å². The van der Waals surface area contributed by atoms with Crippen molar-refractivity contribution in [1.29, 1.82) is 0 Å². The molecule has 0 saturated heterocycles. The maximum atomic E-state index is 2.76. The zero-order valence-corrected chi connectivity index (χ0v) is 14.9. The van der Waals surface area contributed by atoms with E-state index in [2.05, 4.69) is 34.1 Å². The molecule has 0 bridgehead atoms. The van der Waals surface area contributed by atoms with Crippen molar-refractivity contribution in [3.8, 4) is 0 Å². The molecule has 0 aliphatic heterocycles. The van der Waals surface area contributed by atoms with Gasteiger partial charge in [-0.15, -0.1) is 0 Å². The Hall–Kier alpha value is 0. The maximum absolute atomic E-state index is 2.76. The Bertz CT molecular complexity index is 173.